The normalized spacial score (nSPS) is 17.4. The van der Waals surface area contributed by atoms with Crippen LogP contribution in [0.4, 0.5) is 0 Å². The molecule has 1 N–H and O–H groups in total. The maximum absolute atomic E-state index is 13.2. The molecule has 2 amide bonds. The second-order valence-electron chi connectivity index (χ2n) is 10.9. The van der Waals surface area contributed by atoms with Crippen molar-refractivity contribution < 1.29 is 9.59 Å². The molecule has 1 aliphatic heterocycles. The summed E-state index contributed by atoms with van der Waals surface area (Å²) in [5, 5.41) is 2.79. The summed E-state index contributed by atoms with van der Waals surface area (Å²) in [6.45, 7) is 8.13. The van der Waals surface area contributed by atoms with Crippen molar-refractivity contribution in [2.24, 2.45) is 5.92 Å². The molecule has 0 radical (unpaired) electrons. The first-order valence-electron chi connectivity index (χ1n) is 14.9. The van der Waals surface area contributed by atoms with Gasteiger partial charge in [-0.15, -0.1) is 0 Å². The van der Waals surface area contributed by atoms with Gasteiger partial charge < -0.3 is 15.1 Å². The number of nitrogens with zero attached hydrogens (tertiary/aromatic N) is 2. The molecule has 1 rings (SSSR count). The number of hydrogen-bond acceptors (Lipinski definition) is 3. The van der Waals surface area contributed by atoms with Gasteiger partial charge >= 0.3 is 0 Å². The fraction of sp³-hybridized carbons (Fsp3) is 0.806. The molecule has 0 aromatic carbocycles. The van der Waals surface area contributed by atoms with Gasteiger partial charge in [0.25, 0.3) is 0 Å². The third-order valence-corrected chi connectivity index (χ3v) is 7.52. The fourth-order valence-electron chi connectivity index (χ4n) is 5.23. The summed E-state index contributed by atoms with van der Waals surface area (Å²) in [6, 6.07) is 0.140. The van der Waals surface area contributed by atoms with Crippen LogP contribution in [-0.2, 0) is 9.59 Å². The van der Waals surface area contributed by atoms with Gasteiger partial charge in [-0.1, -0.05) is 77.2 Å². The van der Waals surface area contributed by atoms with E-state index in [1.165, 1.54) is 57.8 Å². The van der Waals surface area contributed by atoms with E-state index in [9.17, 15) is 9.59 Å². The lowest BCUT2D eigenvalue weighted by Gasteiger charge is -2.34. The summed E-state index contributed by atoms with van der Waals surface area (Å²) in [7, 11) is 3.84. The van der Waals surface area contributed by atoms with Gasteiger partial charge in [0, 0.05) is 26.1 Å². The van der Waals surface area contributed by atoms with Gasteiger partial charge in [0.15, 0.2) is 0 Å². The number of carbonyl (C=O) groups excluding carboxylic acids is 2. The van der Waals surface area contributed by atoms with Gasteiger partial charge in [0.2, 0.25) is 11.8 Å². The molecule has 2 atom stereocenters. The lowest BCUT2D eigenvalue weighted by Crippen LogP contribution is -2.52. The Morgan fingerprint density at radius 1 is 0.972 bits per heavy atom. The van der Waals surface area contributed by atoms with E-state index in [0.717, 1.165) is 38.6 Å². The van der Waals surface area contributed by atoms with E-state index >= 15 is 0 Å². The highest BCUT2D eigenvalue weighted by Gasteiger charge is 2.32. The van der Waals surface area contributed by atoms with E-state index in [1.807, 2.05) is 18.7 Å². The van der Waals surface area contributed by atoms with Crippen molar-refractivity contribution in [2.45, 2.75) is 129 Å². The van der Waals surface area contributed by atoms with Crippen LogP contribution >= 0.6 is 0 Å². The fourth-order valence-corrected chi connectivity index (χ4v) is 5.23. The second-order valence-corrected chi connectivity index (χ2v) is 10.9. The lowest BCUT2D eigenvalue weighted by atomic mass is 9.99. The van der Waals surface area contributed by atoms with Gasteiger partial charge in [-0.25, -0.2) is 0 Å². The number of hydrogen-bond donors (Lipinski definition) is 1. The van der Waals surface area contributed by atoms with E-state index in [1.54, 1.807) is 7.05 Å². The molecule has 5 nitrogen and oxygen atoms in total. The average Bonchev–Trinajstić information content (AvgIpc) is 3.27. The summed E-state index contributed by atoms with van der Waals surface area (Å²) in [4.78, 5) is 30.2. The number of rotatable bonds is 20. The van der Waals surface area contributed by atoms with Gasteiger partial charge in [-0.2, -0.15) is 0 Å². The zero-order valence-corrected chi connectivity index (χ0v) is 24.3. The molecular formula is C31H57N3O2. The Balaban J connectivity index is 2.33. The van der Waals surface area contributed by atoms with Crippen LogP contribution in [0.5, 0.6) is 0 Å². The first kappa shape index (κ1) is 32.4. The summed E-state index contributed by atoms with van der Waals surface area (Å²) in [6.07, 6.45) is 26.1. The molecule has 208 valence electrons. The molecule has 0 aromatic rings. The number of likely N-dealkylation sites (N-methyl/N-ethyl adjacent to an activating group) is 1. The van der Waals surface area contributed by atoms with Crippen LogP contribution < -0.4 is 5.32 Å². The van der Waals surface area contributed by atoms with Crippen molar-refractivity contribution >= 4 is 11.8 Å². The third-order valence-electron chi connectivity index (χ3n) is 7.52. The molecule has 0 aliphatic carbocycles. The average molecular weight is 504 g/mol. The minimum atomic E-state index is -0.382. The molecule has 1 aliphatic rings. The van der Waals surface area contributed by atoms with Crippen molar-refractivity contribution in [1.82, 2.24) is 15.1 Å². The standard InChI is InChI=1S/C31H57N3O2/c1-6-7-8-9-10-11-12-13-14-15-16-17-18-19-20-23-29(35)34(30(27(2)3)31(36)32-4)26-24-28-22-21-25-33(28)5/h10-11,13-14,27-28,30H,6-9,12,15-26H2,1-5H3,(H,32,36)/b11-10-,14-13-. The Kier molecular flexibility index (Phi) is 18.4. The molecule has 1 heterocycles. The SMILES string of the molecule is CCCCC/C=C\C/C=C\CCCCCCCC(=O)N(CCC1CCCN1C)C(C(=O)NC)C(C)C. The maximum atomic E-state index is 13.2. The van der Waals surface area contributed by atoms with Crippen LogP contribution in [0.15, 0.2) is 24.3 Å². The van der Waals surface area contributed by atoms with Crippen LogP contribution in [0.2, 0.25) is 0 Å². The van der Waals surface area contributed by atoms with E-state index in [4.69, 9.17) is 0 Å². The molecule has 1 saturated heterocycles. The topological polar surface area (TPSA) is 52.7 Å². The highest BCUT2D eigenvalue weighted by Crippen LogP contribution is 2.21. The van der Waals surface area contributed by atoms with Crippen molar-refractivity contribution in [3.8, 4) is 0 Å². The molecule has 0 saturated carbocycles. The number of amides is 2. The largest absolute Gasteiger partial charge is 0.357 e. The summed E-state index contributed by atoms with van der Waals surface area (Å²) >= 11 is 0. The zero-order valence-electron chi connectivity index (χ0n) is 24.3. The van der Waals surface area contributed by atoms with Crippen LogP contribution in [0.25, 0.3) is 0 Å². The Hall–Kier alpha value is -1.62. The molecule has 2 unspecified atom stereocenters. The summed E-state index contributed by atoms with van der Waals surface area (Å²) in [5.41, 5.74) is 0. The van der Waals surface area contributed by atoms with Gasteiger partial charge in [-0.05, 0) is 77.3 Å². The van der Waals surface area contributed by atoms with Crippen molar-refractivity contribution in [3.63, 3.8) is 0 Å². The van der Waals surface area contributed by atoms with Crippen molar-refractivity contribution in [1.29, 1.82) is 0 Å². The second kappa shape index (κ2) is 20.4. The highest BCUT2D eigenvalue weighted by molar-refractivity contribution is 5.87. The van der Waals surface area contributed by atoms with Crippen LogP contribution in [0, 0.1) is 5.92 Å². The monoisotopic (exact) mass is 503 g/mol. The van der Waals surface area contributed by atoms with Gasteiger partial charge in [0.1, 0.15) is 6.04 Å². The summed E-state index contributed by atoms with van der Waals surface area (Å²) < 4.78 is 0. The Morgan fingerprint density at radius 2 is 1.61 bits per heavy atom. The number of unbranched alkanes of at least 4 members (excludes halogenated alkanes) is 8. The Morgan fingerprint density at radius 3 is 2.19 bits per heavy atom. The molecule has 36 heavy (non-hydrogen) atoms. The van der Waals surface area contributed by atoms with Crippen LogP contribution in [0.3, 0.4) is 0 Å². The Labute approximate surface area is 223 Å². The number of carbonyl (C=O) groups is 2. The van der Waals surface area contributed by atoms with Crippen molar-refractivity contribution in [2.75, 3.05) is 27.2 Å². The molecular weight excluding hydrogens is 446 g/mol. The van der Waals surface area contributed by atoms with E-state index in [-0.39, 0.29) is 23.8 Å². The quantitative estimate of drug-likeness (QED) is 0.145. The van der Waals surface area contributed by atoms with E-state index in [0.29, 0.717) is 19.0 Å². The first-order valence-corrected chi connectivity index (χ1v) is 14.9. The molecule has 1 fully saturated rings. The van der Waals surface area contributed by atoms with E-state index in [2.05, 4.69) is 48.5 Å². The maximum Gasteiger partial charge on any atom is 0.242 e. The third kappa shape index (κ3) is 13.6. The number of allylic oxidation sites excluding steroid dienone is 4. The smallest absolute Gasteiger partial charge is 0.242 e. The number of likely N-dealkylation sites (tertiary alicyclic amines) is 1. The number of nitrogens with one attached hydrogen (secondary N) is 1. The predicted octanol–water partition coefficient (Wildman–Crippen LogP) is 6.88. The molecule has 0 aromatic heterocycles. The zero-order chi connectivity index (χ0) is 26.6. The minimum absolute atomic E-state index is 0.0434. The van der Waals surface area contributed by atoms with E-state index < -0.39 is 0 Å². The van der Waals surface area contributed by atoms with Gasteiger partial charge in [-0.3, -0.25) is 9.59 Å². The van der Waals surface area contributed by atoms with Gasteiger partial charge in [0.05, 0.1) is 0 Å². The summed E-state index contributed by atoms with van der Waals surface area (Å²) in [5.74, 6) is 0.196. The Bertz CT molecular complexity index is 644. The van der Waals surface area contributed by atoms with Crippen LogP contribution in [-0.4, -0.2) is 60.9 Å². The molecule has 0 bridgehead atoms. The first-order chi connectivity index (χ1) is 17.4. The predicted molar refractivity (Wildman–Crippen MR) is 154 cm³/mol. The minimum Gasteiger partial charge on any atom is -0.357 e. The molecule has 0 spiro atoms. The lowest BCUT2D eigenvalue weighted by molar-refractivity contribution is -0.142. The highest BCUT2D eigenvalue weighted by atomic mass is 16.2. The molecule has 5 heteroatoms. The van der Waals surface area contributed by atoms with Crippen LogP contribution in [0.1, 0.15) is 117 Å². The van der Waals surface area contributed by atoms with Crippen molar-refractivity contribution in [3.05, 3.63) is 24.3 Å².